The summed E-state index contributed by atoms with van der Waals surface area (Å²) in [5.41, 5.74) is 3.40. The number of rotatable bonds is 11. The van der Waals surface area contributed by atoms with Crippen molar-refractivity contribution in [3.05, 3.63) is 90.0 Å². The molecule has 1 aliphatic carbocycles. The third kappa shape index (κ3) is 7.09. The predicted molar refractivity (Wildman–Crippen MR) is 127 cm³/mol. The highest BCUT2D eigenvalue weighted by Crippen LogP contribution is 2.39. The van der Waals surface area contributed by atoms with Gasteiger partial charge in [-0.25, -0.2) is 0 Å². The molecule has 0 aromatic heterocycles. The van der Waals surface area contributed by atoms with Crippen molar-refractivity contribution in [2.45, 2.75) is 64.3 Å². The van der Waals surface area contributed by atoms with Crippen molar-refractivity contribution < 1.29 is 14.9 Å². The van der Waals surface area contributed by atoms with Crippen LogP contribution in [0.25, 0.3) is 0 Å². The van der Waals surface area contributed by atoms with Crippen LogP contribution in [0.2, 0.25) is 0 Å². The maximum atomic E-state index is 10.6. The third-order valence-corrected chi connectivity index (χ3v) is 6.17. The predicted octanol–water partition coefficient (Wildman–Crippen LogP) is 5.86. The van der Waals surface area contributed by atoms with Crippen LogP contribution in [0.15, 0.2) is 78.9 Å². The highest BCUT2D eigenvalue weighted by atomic mass is 16.5. The van der Waals surface area contributed by atoms with Gasteiger partial charge in [0.05, 0.1) is 12.2 Å². The Bertz CT molecular complexity index is 842. The molecule has 31 heavy (non-hydrogen) atoms. The minimum absolute atomic E-state index is 0.0118. The summed E-state index contributed by atoms with van der Waals surface area (Å²) in [6.45, 7) is 6.93. The van der Waals surface area contributed by atoms with Gasteiger partial charge in [-0.05, 0) is 48.4 Å². The lowest BCUT2D eigenvalue weighted by molar-refractivity contribution is 0.140. The molecule has 0 heterocycles. The Hall–Kier alpha value is -2.36. The van der Waals surface area contributed by atoms with Gasteiger partial charge in [0.25, 0.3) is 0 Å². The van der Waals surface area contributed by atoms with Crippen molar-refractivity contribution in [3.63, 3.8) is 0 Å². The van der Waals surface area contributed by atoms with Crippen LogP contribution in [0.3, 0.4) is 0 Å². The van der Waals surface area contributed by atoms with Gasteiger partial charge in [-0.15, -0.1) is 0 Å². The molecule has 0 aliphatic heterocycles. The lowest BCUT2D eigenvalue weighted by Crippen LogP contribution is -2.19. The Balaban J connectivity index is 1.62. The van der Waals surface area contributed by atoms with E-state index >= 15 is 0 Å². The van der Waals surface area contributed by atoms with Crippen molar-refractivity contribution in [1.29, 1.82) is 0 Å². The Morgan fingerprint density at radius 3 is 2.65 bits per heavy atom. The average Bonchev–Trinajstić information content (AvgIpc) is 3.04. The van der Waals surface area contributed by atoms with Crippen LogP contribution in [-0.4, -0.2) is 22.4 Å². The summed E-state index contributed by atoms with van der Waals surface area (Å²) in [7, 11) is 0. The van der Waals surface area contributed by atoms with E-state index in [-0.39, 0.29) is 11.8 Å². The maximum absolute atomic E-state index is 10.6. The lowest BCUT2D eigenvalue weighted by atomic mass is 9.86. The largest absolute Gasteiger partial charge is 0.489 e. The van der Waals surface area contributed by atoms with Gasteiger partial charge in [-0.2, -0.15) is 0 Å². The van der Waals surface area contributed by atoms with Crippen LogP contribution in [-0.2, 0) is 13.0 Å². The minimum Gasteiger partial charge on any atom is -0.489 e. The van der Waals surface area contributed by atoms with Gasteiger partial charge in [0.1, 0.15) is 12.4 Å². The smallest absolute Gasteiger partial charge is 0.120 e. The van der Waals surface area contributed by atoms with E-state index < -0.39 is 12.2 Å². The van der Waals surface area contributed by atoms with Crippen LogP contribution >= 0.6 is 0 Å². The summed E-state index contributed by atoms with van der Waals surface area (Å²) in [5, 5.41) is 20.8. The minimum atomic E-state index is -0.442. The van der Waals surface area contributed by atoms with Gasteiger partial charge < -0.3 is 14.9 Å². The fraction of sp³-hybridized carbons (Fsp3) is 0.429. The van der Waals surface area contributed by atoms with Crippen molar-refractivity contribution in [2.24, 2.45) is 11.8 Å². The quantitative estimate of drug-likeness (QED) is 0.354. The second-order valence-electron chi connectivity index (χ2n) is 8.69. The van der Waals surface area contributed by atoms with Crippen molar-refractivity contribution >= 4 is 0 Å². The molecular formula is C28H36O3. The molecule has 1 aliphatic rings. The molecule has 2 aromatic carbocycles. The number of aliphatic hydroxyl groups excluding tert-OH is 2. The molecular weight excluding hydrogens is 384 g/mol. The summed E-state index contributed by atoms with van der Waals surface area (Å²) in [4.78, 5) is 0. The van der Waals surface area contributed by atoms with Gasteiger partial charge in [-0.3, -0.25) is 0 Å². The number of hydrogen-bond acceptors (Lipinski definition) is 3. The van der Waals surface area contributed by atoms with Gasteiger partial charge in [0.15, 0.2) is 0 Å². The van der Waals surface area contributed by atoms with E-state index in [1.54, 1.807) is 0 Å². The first-order valence-electron chi connectivity index (χ1n) is 11.5. The van der Waals surface area contributed by atoms with Crippen LogP contribution in [0.1, 0.15) is 50.2 Å². The zero-order valence-electron chi connectivity index (χ0n) is 18.6. The number of ether oxygens (including phenoxy) is 1. The Morgan fingerprint density at radius 2 is 1.87 bits per heavy atom. The monoisotopic (exact) mass is 420 g/mol. The molecule has 1 saturated carbocycles. The average molecular weight is 421 g/mol. The summed E-state index contributed by atoms with van der Waals surface area (Å²) in [6.07, 6.45) is 8.52. The number of unbranched alkanes of at least 4 members (excludes halogenated alkanes) is 2. The molecule has 3 rings (SSSR count). The van der Waals surface area contributed by atoms with Crippen molar-refractivity contribution in [2.75, 3.05) is 0 Å². The second kappa shape index (κ2) is 11.9. The van der Waals surface area contributed by atoms with Crippen LogP contribution in [0, 0.1) is 11.8 Å². The molecule has 1 fully saturated rings. The molecule has 0 saturated heterocycles. The molecule has 4 atom stereocenters. The maximum Gasteiger partial charge on any atom is 0.120 e. The van der Waals surface area contributed by atoms with Crippen molar-refractivity contribution in [1.82, 2.24) is 0 Å². The highest BCUT2D eigenvalue weighted by molar-refractivity contribution is 5.31. The topological polar surface area (TPSA) is 49.7 Å². The fourth-order valence-electron chi connectivity index (χ4n) is 4.35. The molecule has 0 radical (unpaired) electrons. The third-order valence-electron chi connectivity index (χ3n) is 6.17. The summed E-state index contributed by atoms with van der Waals surface area (Å²) in [5.74, 6) is 1.00. The Labute approximate surface area is 187 Å². The molecule has 0 bridgehead atoms. The van der Waals surface area contributed by atoms with E-state index in [9.17, 15) is 10.2 Å². The number of aliphatic hydroxyl groups is 2. The first-order valence-corrected chi connectivity index (χ1v) is 11.5. The normalized spacial score (nSPS) is 22.2. The lowest BCUT2D eigenvalue weighted by Gasteiger charge is -2.20. The van der Waals surface area contributed by atoms with Gasteiger partial charge in [0.2, 0.25) is 0 Å². The Morgan fingerprint density at radius 1 is 1.10 bits per heavy atom. The van der Waals surface area contributed by atoms with E-state index in [4.69, 9.17) is 4.74 Å². The summed E-state index contributed by atoms with van der Waals surface area (Å²) < 4.78 is 5.98. The fourth-order valence-corrected chi connectivity index (χ4v) is 4.35. The first kappa shape index (κ1) is 23.3. The van der Waals surface area contributed by atoms with Crippen molar-refractivity contribution in [3.8, 4) is 5.75 Å². The molecule has 0 spiro atoms. The van der Waals surface area contributed by atoms with Gasteiger partial charge >= 0.3 is 0 Å². The van der Waals surface area contributed by atoms with Crippen LogP contribution < -0.4 is 4.74 Å². The summed E-state index contributed by atoms with van der Waals surface area (Å²) in [6, 6.07) is 18.3. The van der Waals surface area contributed by atoms with E-state index in [2.05, 4.69) is 37.8 Å². The van der Waals surface area contributed by atoms with Crippen LogP contribution in [0.4, 0.5) is 0 Å². The Kier molecular flexibility index (Phi) is 8.93. The van der Waals surface area contributed by atoms with E-state index in [1.165, 1.54) is 5.56 Å². The zero-order chi connectivity index (χ0) is 22.1. The summed E-state index contributed by atoms with van der Waals surface area (Å²) >= 11 is 0. The molecule has 3 heteroatoms. The SMILES string of the molecule is C=C1C[C@@H](O)[C@H](C=CC(O)CCCCC)[C@H]1Cc1cccc(OCc2ccccc2)c1. The van der Waals surface area contributed by atoms with Gasteiger partial charge in [0, 0.05) is 5.92 Å². The van der Waals surface area contributed by atoms with Crippen LogP contribution in [0.5, 0.6) is 5.75 Å². The molecule has 2 N–H and O–H groups in total. The highest BCUT2D eigenvalue weighted by Gasteiger charge is 2.36. The first-order chi connectivity index (χ1) is 15.1. The molecule has 3 nitrogen and oxygen atoms in total. The molecule has 166 valence electrons. The zero-order valence-corrected chi connectivity index (χ0v) is 18.6. The second-order valence-corrected chi connectivity index (χ2v) is 8.69. The number of hydrogen-bond donors (Lipinski definition) is 2. The number of benzene rings is 2. The molecule has 2 aromatic rings. The van der Waals surface area contributed by atoms with Gasteiger partial charge in [-0.1, -0.05) is 93.0 Å². The standard InChI is InChI=1S/C28H36O3/c1-3-4-6-13-24(29)15-16-26-27(21(2)17-28(26)30)19-23-12-9-14-25(18-23)31-20-22-10-7-5-8-11-22/h5,7-12,14-16,18,24,26-30H,2-4,6,13,17,19-20H2,1H3/t24?,26-,27+,28-/m1/s1. The van der Waals surface area contributed by atoms with E-state index in [1.807, 2.05) is 42.5 Å². The molecule has 1 unspecified atom stereocenters. The van der Waals surface area contributed by atoms with E-state index in [0.29, 0.717) is 13.0 Å². The molecule has 0 amide bonds. The van der Waals surface area contributed by atoms with E-state index in [0.717, 1.165) is 49.0 Å².